The molecule has 3 saturated heterocycles. The molecule has 4 aliphatic rings. The average Bonchev–Trinajstić information content (AvgIpc) is 2.75. The quantitative estimate of drug-likeness (QED) is 0.818. The topological polar surface area (TPSA) is 49.6 Å². The fraction of sp³-hybridized carbons (Fsp3) is 0.778. The van der Waals surface area contributed by atoms with E-state index in [2.05, 4.69) is 15.0 Å². The Hall–Kier alpha value is -1.07. The first-order valence-electron chi connectivity index (χ1n) is 9.30. The maximum absolute atomic E-state index is 12.7. The van der Waals surface area contributed by atoms with Gasteiger partial charge < -0.3 is 9.42 Å². The minimum Gasteiger partial charge on any atom is -0.360 e. The van der Waals surface area contributed by atoms with E-state index in [9.17, 15) is 4.79 Å². The maximum Gasteiger partial charge on any atom is 0.223 e. The molecule has 5 rings (SSSR count). The molecule has 1 amide bonds. The summed E-state index contributed by atoms with van der Waals surface area (Å²) in [4.78, 5) is 17.4. The van der Waals surface area contributed by atoms with Gasteiger partial charge in [0.05, 0.1) is 0 Å². The Bertz CT molecular complexity index is 587. The Kier molecular flexibility index (Phi) is 4.81. The number of fused-ring (bicyclic) bond motifs is 4. The molecule has 3 aliphatic heterocycles. The highest BCUT2D eigenvalue weighted by Crippen LogP contribution is 2.33. The second-order valence-corrected chi connectivity index (χ2v) is 8.15. The number of aromatic nitrogens is 1. The average molecular weight is 352 g/mol. The Morgan fingerprint density at radius 1 is 1.25 bits per heavy atom. The molecule has 4 fully saturated rings. The van der Waals surface area contributed by atoms with Crippen molar-refractivity contribution in [3.63, 3.8) is 0 Å². The summed E-state index contributed by atoms with van der Waals surface area (Å²) in [6, 6.07) is 2.26. The third kappa shape index (κ3) is 3.62. The smallest absolute Gasteiger partial charge is 0.223 e. The summed E-state index contributed by atoms with van der Waals surface area (Å²) in [5.41, 5.74) is 0. The van der Waals surface area contributed by atoms with Crippen LogP contribution in [0.15, 0.2) is 10.6 Å². The molecule has 2 atom stereocenters. The molecule has 1 aromatic heterocycles. The Morgan fingerprint density at radius 3 is 2.83 bits per heavy atom. The van der Waals surface area contributed by atoms with Crippen LogP contribution < -0.4 is 0 Å². The van der Waals surface area contributed by atoms with Gasteiger partial charge in [-0.05, 0) is 37.5 Å². The summed E-state index contributed by atoms with van der Waals surface area (Å²) >= 11 is 5.76. The van der Waals surface area contributed by atoms with Crippen LogP contribution in [-0.4, -0.2) is 53.1 Å². The van der Waals surface area contributed by atoms with E-state index in [0.717, 1.165) is 19.0 Å². The third-order valence-electron chi connectivity index (χ3n) is 6.01. The summed E-state index contributed by atoms with van der Waals surface area (Å²) < 4.78 is 5.10. The molecule has 132 valence electrons. The Labute approximate surface area is 148 Å². The van der Waals surface area contributed by atoms with E-state index in [-0.39, 0.29) is 5.91 Å². The van der Waals surface area contributed by atoms with Gasteiger partial charge in [-0.3, -0.25) is 9.69 Å². The van der Waals surface area contributed by atoms with Gasteiger partial charge in [-0.15, -0.1) is 0 Å². The van der Waals surface area contributed by atoms with Crippen LogP contribution in [0.3, 0.4) is 0 Å². The van der Waals surface area contributed by atoms with E-state index in [1.165, 1.54) is 45.2 Å². The van der Waals surface area contributed by atoms with Crippen LogP contribution in [0.5, 0.6) is 0 Å². The molecule has 1 aromatic rings. The number of carbonyl (C=O) groups is 1. The molecule has 24 heavy (non-hydrogen) atoms. The van der Waals surface area contributed by atoms with Crippen molar-refractivity contribution in [2.75, 3.05) is 26.2 Å². The minimum absolute atomic E-state index is 0.241. The van der Waals surface area contributed by atoms with Gasteiger partial charge in [-0.2, -0.15) is 0 Å². The van der Waals surface area contributed by atoms with Gasteiger partial charge in [0.25, 0.3) is 0 Å². The molecule has 5 nitrogen and oxygen atoms in total. The van der Waals surface area contributed by atoms with E-state index in [0.29, 0.717) is 35.7 Å². The van der Waals surface area contributed by atoms with E-state index in [1.54, 1.807) is 6.07 Å². The second-order valence-electron chi connectivity index (χ2n) is 7.76. The van der Waals surface area contributed by atoms with Crippen LogP contribution in [0.4, 0.5) is 0 Å². The molecule has 0 radical (unpaired) electrons. The zero-order valence-corrected chi connectivity index (χ0v) is 14.9. The zero-order valence-electron chi connectivity index (χ0n) is 14.1. The first-order valence-corrected chi connectivity index (χ1v) is 9.68. The van der Waals surface area contributed by atoms with Crippen molar-refractivity contribution in [2.24, 2.45) is 11.8 Å². The highest BCUT2D eigenvalue weighted by Gasteiger charge is 2.37. The van der Waals surface area contributed by atoms with Gasteiger partial charge in [-0.25, -0.2) is 0 Å². The van der Waals surface area contributed by atoms with Crippen molar-refractivity contribution in [2.45, 2.75) is 51.0 Å². The molecule has 0 N–H and O–H groups in total. The lowest BCUT2D eigenvalue weighted by Crippen LogP contribution is -2.47. The molecule has 1 saturated carbocycles. The summed E-state index contributed by atoms with van der Waals surface area (Å²) in [7, 11) is 0. The van der Waals surface area contributed by atoms with Gasteiger partial charge in [0, 0.05) is 51.1 Å². The Balaban J connectivity index is 1.33. The molecule has 1 aliphatic carbocycles. The van der Waals surface area contributed by atoms with Crippen molar-refractivity contribution < 1.29 is 9.32 Å². The van der Waals surface area contributed by atoms with Crippen molar-refractivity contribution in [3.05, 3.63) is 17.0 Å². The number of rotatable bonds is 5. The van der Waals surface area contributed by atoms with E-state index >= 15 is 0 Å². The SMILES string of the molecule is O=C(CCc1cc(Cl)no1)N1C[C@H]2CC[C@@H](C1)N(CC1CCC1)C2. The second kappa shape index (κ2) is 7.04. The van der Waals surface area contributed by atoms with Crippen LogP contribution in [0, 0.1) is 11.8 Å². The van der Waals surface area contributed by atoms with Gasteiger partial charge in [0.1, 0.15) is 5.76 Å². The summed E-state index contributed by atoms with van der Waals surface area (Å²) in [6.45, 7) is 4.26. The number of nitrogens with zero attached hydrogens (tertiary/aromatic N) is 3. The number of hydrogen-bond donors (Lipinski definition) is 0. The number of piperidine rings is 1. The first kappa shape index (κ1) is 16.4. The van der Waals surface area contributed by atoms with Crippen molar-refractivity contribution in [1.29, 1.82) is 0 Å². The first-order chi connectivity index (χ1) is 11.7. The molecule has 6 heteroatoms. The normalized spacial score (nSPS) is 28.0. The molecular weight excluding hydrogens is 326 g/mol. The fourth-order valence-corrected chi connectivity index (χ4v) is 4.56. The predicted molar refractivity (Wildman–Crippen MR) is 91.8 cm³/mol. The van der Waals surface area contributed by atoms with Gasteiger partial charge in [0.15, 0.2) is 5.15 Å². The molecule has 0 unspecified atom stereocenters. The van der Waals surface area contributed by atoms with Gasteiger partial charge in [0.2, 0.25) is 5.91 Å². The molecule has 0 aromatic carbocycles. The van der Waals surface area contributed by atoms with E-state index in [4.69, 9.17) is 16.1 Å². The number of carbonyl (C=O) groups excluding carboxylic acids is 1. The zero-order chi connectivity index (χ0) is 16.5. The highest BCUT2D eigenvalue weighted by atomic mass is 35.5. The van der Waals surface area contributed by atoms with Crippen LogP contribution in [0.2, 0.25) is 5.15 Å². The van der Waals surface area contributed by atoms with Crippen molar-refractivity contribution >= 4 is 17.5 Å². The molecule has 4 heterocycles. The lowest BCUT2D eigenvalue weighted by Gasteiger charge is -2.40. The molecule has 2 bridgehead atoms. The standard InChI is InChI=1S/C18H26ClN3O2/c19-17-8-16(24-20-17)6-7-18(23)22-11-14-4-5-15(12-22)21(10-14)9-13-2-1-3-13/h8,13-15H,1-7,9-12H2/t14-,15-/m0/s1. The fourth-order valence-electron chi connectivity index (χ4n) is 4.41. The van der Waals surface area contributed by atoms with Gasteiger partial charge in [-0.1, -0.05) is 23.2 Å². The minimum atomic E-state index is 0.241. The monoisotopic (exact) mass is 351 g/mol. The summed E-state index contributed by atoms with van der Waals surface area (Å²) in [6.07, 6.45) is 7.78. The third-order valence-corrected chi connectivity index (χ3v) is 6.19. The van der Waals surface area contributed by atoms with Gasteiger partial charge >= 0.3 is 0 Å². The number of aryl methyl sites for hydroxylation is 1. The lowest BCUT2D eigenvalue weighted by molar-refractivity contribution is -0.131. The molecular formula is C18H26ClN3O2. The van der Waals surface area contributed by atoms with Crippen LogP contribution in [0.25, 0.3) is 0 Å². The molecule has 0 spiro atoms. The number of hydrogen-bond acceptors (Lipinski definition) is 4. The number of amides is 1. The van der Waals surface area contributed by atoms with E-state index in [1.807, 2.05) is 0 Å². The van der Waals surface area contributed by atoms with Crippen LogP contribution >= 0.6 is 11.6 Å². The largest absolute Gasteiger partial charge is 0.360 e. The highest BCUT2D eigenvalue weighted by molar-refractivity contribution is 6.29. The Morgan fingerprint density at radius 2 is 2.12 bits per heavy atom. The number of halogens is 1. The summed E-state index contributed by atoms with van der Waals surface area (Å²) in [5, 5.41) is 4.02. The maximum atomic E-state index is 12.7. The predicted octanol–water partition coefficient (Wildman–Crippen LogP) is 2.98. The van der Waals surface area contributed by atoms with Crippen molar-refractivity contribution in [3.8, 4) is 0 Å². The van der Waals surface area contributed by atoms with E-state index < -0.39 is 0 Å². The van der Waals surface area contributed by atoms with Crippen LogP contribution in [0.1, 0.15) is 44.3 Å². The van der Waals surface area contributed by atoms with Crippen molar-refractivity contribution in [1.82, 2.24) is 15.0 Å². The lowest BCUT2D eigenvalue weighted by atomic mass is 9.83. The summed E-state index contributed by atoms with van der Waals surface area (Å²) in [5.74, 6) is 2.49. The van der Waals surface area contributed by atoms with Crippen LogP contribution in [-0.2, 0) is 11.2 Å².